The molecule has 0 radical (unpaired) electrons. The Morgan fingerprint density at radius 1 is 1.11 bits per heavy atom. The molecule has 0 unspecified atom stereocenters. The molecule has 1 aromatic carbocycles. The van der Waals surface area contributed by atoms with E-state index in [2.05, 4.69) is 5.32 Å². The van der Waals surface area contributed by atoms with Crippen molar-refractivity contribution in [1.29, 1.82) is 0 Å². The molecule has 0 spiro atoms. The van der Waals surface area contributed by atoms with Crippen molar-refractivity contribution in [2.75, 3.05) is 56.4 Å². The first kappa shape index (κ1) is 34.9. The molecule has 2 aliphatic carbocycles. The van der Waals surface area contributed by atoms with Crippen LogP contribution in [0.15, 0.2) is 18.2 Å². The van der Waals surface area contributed by atoms with Crippen molar-refractivity contribution < 1.29 is 38.1 Å². The summed E-state index contributed by atoms with van der Waals surface area (Å²) in [5.41, 5.74) is -0.867. The average Bonchev–Trinajstić information content (AvgIpc) is 3.95. The summed E-state index contributed by atoms with van der Waals surface area (Å²) in [7, 11) is 1.63. The highest BCUT2D eigenvalue weighted by Gasteiger charge is 2.48. The molecule has 2 atom stereocenters. The van der Waals surface area contributed by atoms with Crippen LogP contribution >= 0.6 is 0 Å². The molecule has 1 N–H and O–H groups in total. The summed E-state index contributed by atoms with van der Waals surface area (Å²) < 4.78 is 22.7. The van der Waals surface area contributed by atoms with Gasteiger partial charge >= 0.3 is 6.09 Å². The number of nitrogens with zero attached hydrogens (tertiary/aromatic N) is 3. The third-order valence-electron chi connectivity index (χ3n) is 9.16. The summed E-state index contributed by atoms with van der Waals surface area (Å²) in [6, 6.07) is 5.53. The Bertz CT molecular complexity index is 1350. The van der Waals surface area contributed by atoms with Crippen molar-refractivity contribution in [3.63, 3.8) is 0 Å². The predicted molar refractivity (Wildman–Crippen MR) is 177 cm³/mol. The molecule has 3 fully saturated rings. The van der Waals surface area contributed by atoms with Gasteiger partial charge in [-0.25, -0.2) is 4.79 Å². The van der Waals surface area contributed by atoms with Crippen molar-refractivity contribution in [1.82, 2.24) is 10.2 Å². The number of ether oxygens (including phenoxy) is 4. The van der Waals surface area contributed by atoms with Crippen molar-refractivity contribution in [2.45, 2.75) is 103 Å². The Morgan fingerprint density at radius 3 is 2.43 bits per heavy atom. The van der Waals surface area contributed by atoms with Gasteiger partial charge in [-0.3, -0.25) is 14.4 Å². The van der Waals surface area contributed by atoms with Crippen LogP contribution in [0.2, 0.25) is 0 Å². The van der Waals surface area contributed by atoms with Gasteiger partial charge in [-0.05, 0) is 98.3 Å². The number of fused-ring (bicyclic) bond motifs is 1. The molecule has 2 heterocycles. The van der Waals surface area contributed by atoms with Gasteiger partial charge in [-0.2, -0.15) is 0 Å². The van der Waals surface area contributed by atoms with E-state index in [1.54, 1.807) is 51.5 Å². The van der Waals surface area contributed by atoms with Gasteiger partial charge < -0.3 is 39.0 Å². The highest BCUT2D eigenvalue weighted by Crippen LogP contribution is 2.43. The van der Waals surface area contributed by atoms with E-state index in [1.807, 2.05) is 25.1 Å². The molecule has 47 heavy (non-hydrogen) atoms. The second kappa shape index (κ2) is 13.6. The Labute approximate surface area is 278 Å². The Kier molecular flexibility index (Phi) is 10.1. The maximum absolute atomic E-state index is 14.5. The van der Waals surface area contributed by atoms with Crippen LogP contribution in [0.3, 0.4) is 0 Å². The first-order chi connectivity index (χ1) is 22.2. The van der Waals surface area contributed by atoms with Gasteiger partial charge in [0, 0.05) is 51.7 Å². The number of hydrogen-bond donors (Lipinski definition) is 1. The zero-order valence-corrected chi connectivity index (χ0v) is 29.1. The van der Waals surface area contributed by atoms with Gasteiger partial charge in [0.05, 0.1) is 29.7 Å². The quantitative estimate of drug-likeness (QED) is 0.331. The molecule has 0 aromatic heterocycles. The summed E-state index contributed by atoms with van der Waals surface area (Å²) in [5.74, 6) is -1.12. The second-order valence-corrected chi connectivity index (χ2v) is 14.9. The van der Waals surface area contributed by atoms with Crippen molar-refractivity contribution in [2.24, 2.45) is 11.8 Å². The number of hydrogen-bond acceptors (Lipinski definition) is 8. The van der Waals surface area contributed by atoms with Crippen molar-refractivity contribution in [3.05, 3.63) is 18.2 Å². The molecule has 1 aromatic rings. The first-order valence-electron chi connectivity index (χ1n) is 17.0. The number of nitrogens with one attached hydrogen (secondary N) is 1. The third kappa shape index (κ3) is 8.20. The highest BCUT2D eigenvalue weighted by atomic mass is 16.6. The average molecular weight is 657 g/mol. The maximum Gasteiger partial charge on any atom is 0.410 e. The monoisotopic (exact) mass is 656 g/mol. The van der Waals surface area contributed by atoms with Crippen LogP contribution in [0.25, 0.3) is 0 Å². The minimum atomic E-state index is -1.03. The molecular weight excluding hydrogens is 604 g/mol. The van der Waals surface area contributed by atoms with E-state index in [-0.39, 0.29) is 42.4 Å². The molecule has 5 rings (SSSR count). The zero-order chi connectivity index (χ0) is 34.1. The summed E-state index contributed by atoms with van der Waals surface area (Å²) >= 11 is 0. The Hall–Kier alpha value is -3.38. The largest absolute Gasteiger partial charge is 0.476 e. The molecule has 4 aliphatic rings. The number of carbonyl (C=O) groups is 4. The van der Waals surface area contributed by atoms with Crippen LogP contribution in [-0.2, 0) is 28.6 Å². The Balaban J connectivity index is 1.42. The minimum absolute atomic E-state index is 0.00996. The number of carbonyl (C=O) groups excluding carboxylic acids is 4. The molecule has 2 saturated carbocycles. The molecule has 1 saturated heterocycles. The van der Waals surface area contributed by atoms with Gasteiger partial charge in [-0.1, -0.05) is 0 Å². The van der Waals surface area contributed by atoms with Gasteiger partial charge in [0.15, 0.2) is 5.60 Å². The maximum atomic E-state index is 14.5. The highest BCUT2D eigenvalue weighted by molar-refractivity contribution is 6.04. The fourth-order valence-corrected chi connectivity index (χ4v) is 6.40. The van der Waals surface area contributed by atoms with Crippen LogP contribution in [0.5, 0.6) is 5.75 Å². The number of benzene rings is 1. The second-order valence-electron chi connectivity index (χ2n) is 14.9. The van der Waals surface area contributed by atoms with E-state index in [9.17, 15) is 19.2 Å². The summed E-state index contributed by atoms with van der Waals surface area (Å²) in [6.45, 7) is 13.1. The van der Waals surface area contributed by atoms with E-state index >= 15 is 0 Å². The topological polar surface area (TPSA) is 127 Å². The lowest BCUT2D eigenvalue weighted by Gasteiger charge is -2.40. The number of amides is 4. The number of anilines is 2. The van der Waals surface area contributed by atoms with Gasteiger partial charge in [-0.15, -0.1) is 0 Å². The lowest BCUT2D eigenvalue weighted by molar-refractivity contribution is -0.133. The lowest BCUT2D eigenvalue weighted by atomic mass is 9.87. The molecule has 2 aliphatic heterocycles. The van der Waals surface area contributed by atoms with Crippen LogP contribution in [0.4, 0.5) is 16.2 Å². The molecule has 0 bridgehead atoms. The van der Waals surface area contributed by atoms with Crippen molar-refractivity contribution in [3.8, 4) is 5.75 Å². The van der Waals surface area contributed by atoms with E-state index in [4.69, 9.17) is 18.9 Å². The Morgan fingerprint density at radius 2 is 1.81 bits per heavy atom. The normalized spacial score (nSPS) is 23.0. The van der Waals surface area contributed by atoms with Gasteiger partial charge in [0.25, 0.3) is 5.91 Å². The van der Waals surface area contributed by atoms with Crippen LogP contribution in [0.1, 0.15) is 80.1 Å². The zero-order valence-electron chi connectivity index (χ0n) is 29.1. The van der Waals surface area contributed by atoms with Crippen LogP contribution in [-0.4, -0.2) is 98.1 Å². The molecular formula is C35H52N4O8. The first-order valence-corrected chi connectivity index (χ1v) is 17.0. The lowest BCUT2D eigenvalue weighted by Crippen LogP contribution is -2.55. The number of methoxy groups -OCH3 is 1. The summed E-state index contributed by atoms with van der Waals surface area (Å²) in [4.78, 5) is 60.0. The number of rotatable bonds is 12. The minimum Gasteiger partial charge on any atom is -0.476 e. The third-order valence-corrected chi connectivity index (χ3v) is 9.16. The van der Waals surface area contributed by atoms with E-state index in [0.29, 0.717) is 56.3 Å². The predicted octanol–water partition coefficient (Wildman–Crippen LogP) is 4.28. The molecule has 12 nitrogen and oxygen atoms in total. The summed E-state index contributed by atoms with van der Waals surface area (Å²) in [5, 5.41) is 3.18. The molecule has 260 valence electrons. The SMILES string of the molecule is CCOCC1(NC(=O)[C@H]2C[C@@H](C(=O)N(c3ccc4c(c3)N(CCCOC)C(=O)C(C)(C)O4)C3CC3)CN(C(=O)OC(C)(C)C)C2)CC1. The van der Waals surface area contributed by atoms with E-state index < -0.39 is 29.1 Å². The number of likely N-dealkylation sites (tertiary alicyclic amines) is 1. The van der Waals surface area contributed by atoms with E-state index in [0.717, 1.165) is 25.7 Å². The van der Waals surface area contributed by atoms with Crippen LogP contribution in [0, 0.1) is 11.8 Å². The standard InChI is InChI=1S/C35H52N4O8/c1-8-45-22-35(14-15-35)36-29(40)23-18-24(21-37(20-23)32(43)47-33(2,3)4)30(41)39(25-10-11-25)26-12-13-28-27(19-26)38(16-9-17-44-7)31(42)34(5,6)46-28/h12-13,19,23-25H,8-11,14-18,20-22H2,1-7H3,(H,36,40)/t23-,24+/m0/s1. The van der Waals surface area contributed by atoms with Crippen molar-refractivity contribution >= 4 is 35.2 Å². The van der Waals surface area contributed by atoms with Crippen LogP contribution < -0.4 is 19.9 Å². The molecule has 12 heteroatoms. The van der Waals surface area contributed by atoms with Gasteiger partial charge in [0.1, 0.15) is 11.4 Å². The smallest absolute Gasteiger partial charge is 0.410 e. The molecule has 4 amide bonds. The fourth-order valence-electron chi connectivity index (χ4n) is 6.40. The van der Waals surface area contributed by atoms with Gasteiger partial charge in [0.2, 0.25) is 11.8 Å². The van der Waals surface area contributed by atoms with E-state index in [1.165, 1.54) is 4.90 Å². The number of piperidine rings is 1. The fraction of sp³-hybridized carbons (Fsp3) is 0.714. The summed E-state index contributed by atoms with van der Waals surface area (Å²) in [6.07, 6.45) is 3.77.